The van der Waals surface area contributed by atoms with Crippen LogP contribution in [0.15, 0.2) is 40.8 Å². The number of carbonyl (C=O) groups excluding carboxylic acids is 2. The van der Waals surface area contributed by atoms with Gasteiger partial charge in [-0.25, -0.2) is 4.98 Å². The molecule has 1 aliphatic rings. The van der Waals surface area contributed by atoms with Crippen molar-refractivity contribution in [3.05, 3.63) is 42.2 Å². The van der Waals surface area contributed by atoms with Crippen LogP contribution in [-0.2, 0) is 4.79 Å². The summed E-state index contributed by atoms with van der Waals surface area (Å²) in [5, 5.41) is 0.767. The Hall–Kier alpha value is -2.67. The molecule has 0 unspecified atom stereocenters. The van der Waals surface area contributed by atoms with Crippen LogP contribution in [-0.4, -0.2) is 52.8 Å². The van der Waals surface area contributed by atoms with Gasteiger partial charge in [0.05, 0.1) is 10.2 Å². The second-order valence-corrected chi connectivity index (χ2v) is 7.33. The lowest BCUT2D eigenvalue weighted by Gasteiger charge is -2.20. The molecule has 0 bridgehead atoms. The summed E-state index contributed by atoms with van der Waals surface area (Å²) in [4.78, 5) is 32.4. The first kappa shape index (κ1) is 16.8. The van der Waals surface area contributed by atoms with Gasteiger partial charge in [0.1, 0.15) is 0 Å². The Kier molecular flexibility index (Phi) is 4.46. The average Bonchev–Trinajstić information content (AvgIpc) is 3.21. The smallest absolute Gasteiger partial charge is 0.289 e. The first-order valence-electron chi connectivity index (χ1n) is 8.62. The molecule has 2 amide bonds. The second kappa shape index (κ2) is 6.92. The molecule has 26 heavy (non-hydrogen) atoms. The molecule has 1 saturated heterocycles. The van der Waals surface area contributed by atoms with Crippen molar-refractivity contribution < 1.29 is 14.0 Å². The maximum atomic E-state index is 12.8. The molecule has 0 aliphatic carbocycles. The molecule has 0 radical (unpaired) electrons. The van der Waals surface area contributed by atoms with Gasteiger partial charge in [0.15, 0.2) is 16.5 Å². The number of aromatic nitrogens is 1. The maximum Gasteiger partial charge on any atom is 0.289 e. The van der Waals surface area contributed by atoms with E-state index >= 15 is 0 Å². The van der Waals surface area contributed by atoms with Gasteiger partial charge in [-0.05, 0) is 30.7 Å². The van der Waals surface area contributed by atoms with Crippen LogP contribution in [0.25, 0.3) is 21.0 Å². The molecule has 4 rings (SSSR count). The molecule has 0 saturated carbocycles. The van der Waals surface area contributed by atoms with E-state index in [0.717, 1.165) is 21.6 Å². The molecule has 7 heteroatoms. The third-order valence-corrected chi connectivity index (χ3v) is 5.60. The summed E-state index contributed by atoms with van der Waals surface area (Å²) in [5.41, 5.74) is 0.925. The number of furan rings is 1. The highest BCUT2D eigenvalue weighted by Crippen LogP contribution is 2.31. The summed E-state index contributed by atoms with van der Waals surface area (Å²) in [6.45, 7) is 3.96. The summed E-state index contributed by atoms with van der Waals surface area (Å²) < 4.78 is 6.89. The van der Waals surface area contributed by atoms with Crippen LogP contribution >= 0.6 is 11.3 Å². The predicted molar refractivity (Wildman–Crippen MR) is 100 cm³/mol. The van der Waals surface area contributed by atoms with Gasteiger partial charge >= 0.3 is 0 Å². The van der Waals surface area contributed by atoms with Crippen LogP contribution in [0.2, 0.25) is 0 Å². The molecular weight excluding hydrogens is 350 g/mol. The van der Waals surface area contributed by atoms with E-state index in [4.69, 9.17) is 4.42 Å². The highest BCUT2D eigenvalue weighted by Gasteiger charge is 2.24. The Balaban J connectivity index is 1.52. The van der Waals surface area contributed by atoms with Gasteiger partial charge in [-0.1, -0.05) is 12.1 Å². The average molecular weight is 369 g/mol. The molecule has 134 valence electrons. The van der Waals surface area contributed by atoms with Gasteiger partial charge in [-0.3, -0.25) is 9.59 Å². The van der Waals surface area contributed by atoms with Crippen LogP contribution < -0.4 is 0 Å². The minimum Gasteiger partial charge on any atom is -0.448 e. The topological polar surface area (TPSA) is 66.7 Å². The van der Waals surface area contributed by atoms with Crippen LogP contribution in [0.3, 0.4) is 0 Å². The molecular formula is C19H19N3O3S. The van der Waals surface area contributed by atoms with Crippen molar-refractivity contribution in [3.63, 3.8) is 0 Å². The first-order chi connectivity index (χ1) is 12.6. The van der Waals surface area contributed by atoms with E-state index in [1.165, 1.54) is 0 Å². The fraction of sp³-hybridized carbons (Fsp3) is 0.316. The molecule has 2 aromatic heterocycles. The Morgan fingerprint density at radius 2 is 1.81 bits per heavy atom. The van der Waals surface area contributed by atoms with Crippen molar-refractivity contribution in [2.24, 2.45) is 0 Å². The highest BCUT2D eigenvalue weighted by atomic mass is 32.1. The number of fused-ring (bicyclic) bond motifs is 1. The van der Waals surface area contributed by atoms with Crippen molar-refractivity contribution in [2.75, 3.05) is 26.2 Å². The van der Waals surface area contributed by atoms with E-state index in [1.54, 1.807) is 40.2 Å². The van der Waals surface area contributed by atoms with E-state index in [-0.39, 0.29) is 11.8 Å². The number of nitrogens with zero attached hydrogens (tertiary/aromatic N) is 3. The van der Waals surface area contributed by atoms with E-state index in [1.807, 2.05) is 24.3 Å². The summed E-state index contributed by atoms with van der Waals surface area (Å²) >= 11 is 1.54. The normalized spacial score (nSPS) is 15.3. The van der Waals surface area contributed by atoms with Crippen LogP contribution in [0.4, 0.5) is 0 Å². The minimum atomic E-state index is -0.136. The lowest BCUT2D eigenvalue weighted by molar-refractivity contribution is -0.128. The number of carbonyl (C=O) groups is 2. The fourth-order valence-electron chi connectivity index (χ4n) is 3.14. The summed E-state index contributed by atoms with van der Waals surface area (Å²) in [5.74, 6) is 0.837. The Bertz CT molecular complexity index is 929. The second-order valence-electron chi connectivity index (χ2n) is 6.30. The molecule has 0 N–H and O–H groups in total. The number of hydrogen-bond donors (Lipinski definition) is 0. The number of amides is 2. The van der Waals surface area contributed by atoms with Gasteiger partial charge in [0.2, 0.25) is 5.91 Å². The van der Waals surface area contributed by atoms with E-state index in [0.29, 0.717) is 37.7 Å². The van der Waals surface area contributed by atoms with Crippen LogP contribution in [0, 0.1) is 0 Å². The van der Waals surface area contributed by atoms with Crippen LogP contribution in [0.5, 0.6) is 0 Å². The lowest BCUT2D eigenvalue weighted by atomic mass is 10.3. The van der Waals surface area contributed by atoms with E-state index < -0.39 is 0 Å². The largest absolute Gasteiger partial charge is 0.448 e. The molecule has 1 aromatic carbocycles. The Morgan fingerprint density at radius 3 is 2.62 bits per heavy atom. The number of thiazole rings is 1. The van der Waals surface area contributed by atoms with Crippen molar-refractivity contribution >= 4 is 33.4 Å². The Labute approximate surface area is 155 Å². The summed E-state index contributed by atoms with van der Waals surface area (Å²) in [7, 11) is 0. The Morgan fingerprint density at radius 1 is 1.04 bits per heavy atom. The zero-order chi connectivity index (χ0) is 18.1. The van der Waals surface area contributed by atoms with E-state index in [9.17, 15) is 9.59 Å². The molecule has 0 atom stereocenters. The van der Waals surface area contributed by atoms with Gasteiger partial charge in [-0.15, -0.1) is 11.3 Å². The zero-order valence-electron chi connectivity index (χ0n) is 14.5. The number of hydrogen-bond acceptors (Lipinski definition) is 5. The SMILES string of the molecule is CC(=O)N1CCCN(C(=O)c2ccc(-c3nc4ccccc4s3)o2)CC1. The molecule has 0 spiro atoms. The highest BCUT2D eigenvalue weighted by molar-refractivity contribution is 7.21. The van der Waals surface area contributed by atoms with Gasteiger partial charge < -0.3 is 14.2 Å². The third kappa shape index (κ3) is 3.22. The number of rotatable bonds is 2. The van der Waals surface area contributed by atoms with Crippen molar-refractivity contribution in [3.8, 4) is 10.8 Å². The molecule has 3 aromatic rings. The van der Waals surface area contributed by atoms with Gasteiger partial charge in [-0.2, -0.15) is 0 Å². The van der Waals surface area contributed by atoms with Gasteiger partial charge in [0, 0.05) is 33.1 Å². The monoisotopic (exact) mass is 369 g/mol. The van der Waals surface area contributed by atoms with Crippen molar-refractivity contribution in [1.29, 1.82) is 0 Å². The standard InChI is InChI=1S/C19H19N3O3S/c1-13(23)21-9-4-10-22(12-11-21)19(24)16-8-7-15(25-16)18-20-14-5-2-3-6-17(14)26-18/h2-3,5-8H,4,9-12H2,1H3. The minimum absolute atomic E-state index is 0.0513. The van der Waals surface area contributed by atoms with Crippen LogP contribution in [0.1, 0.15) is 23.9 Å². The quantitative estimate of drug-likeness (QED) is 0.695. The lowest BCUT2D eigenvalue weighted by Crippen LogP contribution is -2.36. The maximum absolute atomic E-state index is 12.8. The zero-order valence-corrected chi connectivity index (χ0v) is 15.3. The summed E-state index contributed by atoms with van der Waals surface area (Å²) in [6.07, 6.45) is 0.775. The van der Waals surface area contributed by atoms with Crippen molar-refractivity contribution in [1.82, 2.24) is 14.8 Å². The molecule has 3 heterocycles. The molecule has 6 nitrogen and oxygen atoms in total. The molecule has 1 aliphatic heterocycles. The van der Waals surface area contributed by atoms with E-state index in [2.05, 4.69) is 4.98 Å². The number of benzene rings is 1. The fourth-order valence-corrected chi connectivity index (χ4v) is 4.06. The summed E-state index contributed by atoms with van der Waals surface area (Å²) in [6, 6.07) is 11.4. The van der Waals surface area contributed by atoms with Gasteiger partial charge in [0.25, 0.3) is 5.91 Å². The third-order valence-electron chi connectivity index (χ3n) is 4.55. The van der Waals surface area contributed by atoms with Crippen molar-refractivity contribution in [2.45, 2.75) is 13.3 Å². The number of para-hydroxylation sites is 1. The molecule has 1 fully saturated rings. The first-order valence-corrected chi connectivity index (χ1v) is 9.44. The predicted octanol–water partition coefficient (Wildman–Crippen LogP) is 3.25.